The van der Waals surface area contributed by atoms with E-state index < -0.39 is 0 Å². The maximum absolute atomic E-state index is 12.7. The lowest BCUT2D eigenvalue weighted by Crippen LogP contribution is -2.24. The number of methoxy groups -OCH3 is 2. The van der Waals surface area contributed by atoms with Crippen molar-refractivity contribution in [3.8, 4) is 23.0 Å². The summed E-state index contributed by atoms with van der Waals surface area (Å²) >= 11 is 0. The second-order valence-electron chi connectivity index (χ2n) is 7.49. The molecular formula is C23H23N3O6. The average molecular weight is 437 g/mol. The molecule has 32 heavy (non-hydrogen) atoms. The van der Waals surface area contributed by atoms with Crippen LogP contribution >= 0.6 is 0 Å². The van der Waals surface area contributed by atoms with Crippen molar-refractivity contribution in [3.63, 3.8) is 0 Å². The van der Waals surface area contributed by atoms with Crippen LogP contribution in [0.15, 0.2) is 42.5 Å². The molecule has 0 bridgehead atoms. The van der Waals surface area contributed by atoms with Gasteiger partial charge in [-0.25, -0.2) is 0 Å². The fourth-order valence-corrected chi connectivity index (χ4v) is 3.81. The SMILES string of the molecule is COc1ccc(CNC(=O)c2cc3n(n2)C[C@@H](c2ccc4c(c2)OCO4)OC3)cc1OC. The first-order valence-electron chi connectivity index (χ1n) is 10.2. The first-order chi connectivity index (χ1) is 15.6. The number of hydrogen-bond acceptors (Lipinski definition) is 7. The molecule has 5 rings (SSSR count). The number of nitrogens with one attached hydrogen (secondary N) is 1. The van der Waals surface area contributed by atoms with E-state index in [0.717, 1.165) is 22.6 Å². The van der Waals surface area contributed by atoms with Crippen molar-refractivity contribution >= 4 is 5.91 Å². The maximum Gasteiger partial charge on any atom is 0.272 e. The quantitative estimate of drug-likeness (QED) is 0.634. The fraction of sp³-hybridized carbons (Fsp3) is 0.304. The van der Waals surface area contributed by atoms with Crippen molar-refractivity contribution in [2.75, 3.05) is 21.0 Å². The zero-order chi connectivity index (χ0) is 22.1. The molecule has 166 valence electrons. The van der Waals surface area contributed by atoms with Crippen LogP contribution in [0, 0.1) is 0 Å². The Morgan fingerprint density at radius 3 is 2.78 bits per heavy atom. The van der Waals surface area contributed by atoms with Crippen LogP contribution in [0.3, 0.4) is 0 Å². The third-order valence-electron chi connectivity index (χ3n) is 5.54. The third kappa shape index (κ3) is 3.82. The fourth-order valence-electron chi connectivity index (χ4n) is 3.81. The second kappa shape index (κ2) is 8.43. The number of benzene rings is 2. The van der Waals surface area contributed by atoms with Gasteiger partial charge in [0.25, 0.3) is 5.91 Å². The van der Waals surface area contributed by atoms with Gasteiger partial charge in [0.2, 0.25) is 6.79 Å². The standard InChI is InChI=1S/C23H23N3O6/c1-28-18-5-3-14(7-20(18)29-2)10-24-23(27)17-9-16-12-30-22(11-26(16)25-17)15-4-6-19-21(8-15)32-13-31-19/h3-9,22H,10-13H2,1-2H3,(H,24,27)/t22-/m0/s1. The van der Waals surface area contributed by atoms with Crippen molar-refractivity contribution in [3.05, 3.63) is 65.0 Å². The van der Waals surface area contributed by atoms with Crippen LogP contribution in [0.25, 0.3) is 0 Å². The van der Waals surface area contributed by atoms with Crippen LogP contribution in [0.5, 0.6) is 23.0 Å². The lowest BCUT2D eigenvalue weighted by Gasteiger charge is -2.24. The molecule has 1 N–H and O–H groups in total. The lowest BCUT2D eigenvalue weighted by molar-refractivity contribution is -0.00128. The smallest absolute Gasteiger partial charge is 0.272 e. The highest BCUT2D eigenvalue weighted by atomic mass is 16.7. The molecule has 2 aliphatic heterocycles. The van der Waals surface area contributed by atoms with Crippen molar-refractivity contribution in [1.29, 1.82) is 0 Å². The number of hydrogen-bond donors (Lipinski definition) is 1. The average Bonchev–Trinajstić information content (AvgIpc) is 3.48. The summed E-state index contributed by atoms with van der Waals surface area (Å²) in [6.45, 7) is 1.46. The number of fused-ring (bicyclic) bond motifs is 2. The molecular weight excluding hydrogens is 414 g/mol. The zero-order valence-corrected chi connectivity index (χ0v) is 17.8. The van der Waals surface area contributed by atoms with E-state index in [1.54, 1.807) is 20.3 Å². The molecule has 2 aliphatic rings. The summed E-state index contributed by atoms with van der Waals surface area (Å²) in [5, 5.41) is 7.40. The van der Waals surface area contributed by atoms with Crippen molar-refractivity contribution in [2.45, 2.75) is 25.8 Å². The van der Waals surface area contributed by atoms with Crippen LogP contribution in [0.1, 0.15) is 33.4 Å². The minimum absolute atomic E-state index is 0.181. The van der Waals surface area contributed by atoms with Gasteiger partial charge in [0.1, 0.15) is 6.10 Å². The Balaban J connectivity index is 1.25. The molecule has 1 atom stereocenters. The summed E-state index contributed by atoms with van der Waals surface area (Å²) in [6.07, 6.45) is -0.181. The third-order valence-corrected chi connectivity index (χ3v) is 5.54. The highest BCUT2D eigenvalue weighted by Gasteiger charge is 2.26. The molecule has 3 aromatic rings. The molecule has 3 heterocycles. The highest BCUT2D eigenvalue weighted by Crippen LogP contribution is 2.36. The molecule has 1 aromatic heterocycles. The minimum Gasteiger partial charge on any atom is -0.493 e. The minimum atomic E-state index is -0.249. The summed E-state index contributed by atoms with van der Waals surface area (Å²) in [7, 11) is 3.16. The van der Waals surface area contributed by atoms with E-state index in [1.807, 2.05) is 41.1 Å². The number of carbonyl (C=O) groups excluding carboxylic acids is 1. The van der Waals surface area contributed by atoms with E-state index in [4.69, 9.17) is 23.7 Å². The molecule has 0 aliphatic carbocycles. The number of nitrogens with zero attached hydrogens (tertiary/aromatic N) is 2. The van der Waals surface area contributed by atoms with Gasteiger partial charge in [0.05, 0.1) is 33.1 Å². The van der Waals surface area contributed by atoms with Gasteiger partial charge in [0, 0.05) is 6.54 Å². The summed E-state index contributed by atoms with van der Waals surface area (Å²) in [5.41, 5.74) is 3.09. The molecule has 0 saturated carbocycles. The van der Waals surface area contributed by atoms with Crippen LogP contribution in [-0.2, 0) is 24.4 Å². The maximum atomic E-state index is 12.7. The summed E-state index contributed by atoms with van der Waals surface area (Å²) in [5.74, 6) is 2.46. The normalized spacial score (nSPS) is 16.4. The van der Waals surface area contributed by atoms with E-state index in [-0.39, 0.29) is 18.8 Å². The van der Waals surface area contributed by atoms with E-state index >= 15 is 0 Å². The van der Waals surface area contributed by atoms with Crippen molar-refractivity contribution < 1.29 is 28.5 Å². The van der Waals surface area contributed by atoms with Crippen LogP contribution in [0.4, 0.5) is 0 Å². The Hall–Kier alpha value is -3.72. The van der Waals surface area contributed by atoms with Crippen molar-refractivity contribution in [1.82, 2.24) is 15.1 Å². The molecule has 0 unspecified atom stereocenters. The van der Waals surface area contributed by atoms with E-state index in [1.165, 1.54) is 0 Å². The van der Waals surface area contributed by atoms with Crippen LogP contribution in [-0.4, -0.2) is 36.7 Å². The van der Waals surface area contributed by atoms with Gasteiger partial charge >= 0.3 is 0 Å². The number of carbonyl (C=O) groups is 1. The zero-order valence-electron chi connectivity index (χ0n) is 17.8. The summed E-state index contributed by atoms with van der Waals surface area (Å²) < 4.78 is 29.2. The molecule has 9 nitrogen and oxygen atoms in total. The van der Waals surface area contributed by atoms with E-state index in [9.17, 15) is 4.79 Å². The van der Waals surface area contributed by atoms with E-state index in [2.05, 4.69) is 10.4 Å². The largest absolute Gasteiger partial charge is 0.493 e. The monoisotopic (exact) mass is 437 g/mol. The predicted octanol–water partition coefficient (Wildman–Crippen LogP) is 2.83. The van der Waals surface area contributed by atoms with Gasteiger partial charge in [-0.2, -0.15) is 5.10 Å². The topological polar surface area (TPSA) is 93.1 Å². The van der Waals surface area contributed by atoms with Crippen LogP contribution in [0.2, 0.25) is 0 Å². The number of aromatic nitrogens is 2. The number of ether oxygens (including phenoxy) is 5. The number of rotatable bonds is 6. The molecule has 0 saturated heterocycles. The molecule has 2 aromatic carbocycles. The molecule has 9 heteroatoms. The summed E-state index contributed by atoms with van der Waals surface area (Å²) in [6, 6.07) is 13.1. The first kappa shape index (κ1) is 20.2. The Bertz CT molecular complexity index is 1160. The van der Waals surface area contributed by atoms with Gasteiger partial charge in [-0.3, -0.25) is 9.48 Å². The van der Waals surface area contributed by atoms with Crippen molar-refractivity contribution in [2.24, 2.45) is 0 Å². The van der Waals surface area contributed by atoms with Gasteiger partial charge in [-0.15, -0.1) is 0 Å². The van der Waals surface area contributed by atoms with Gasteiger partial charge in [0.15, 0.2) is 28.7 Å². The predicted molar refractivity (Wildman–Crippen MR) is 113 cm³/mol. The second-order valence-corrected chi connectivity index (χ2v) is 7.49. The Morgan fingerprint density at radius 2 is 1.94 bits per heavy atom. The molecule has 0 radical (unpaired) electrons. The van der Waals surface area contributed by atoms with Gasteiger partial charge < -0.3 is 29.0 Å². The number of amides is 1. The van der Waals surface area contributed by atoms with Crippen LogP contribution < -0.4 is 24.3 Å². The Morgan fingerprint density at radius 1 is 1.09 bits per heavy atom. The van der Waals surface area contributed by atoms with Gasteiger partial charge in [-0.05, 0) is 41.5 Å². The summed E-state index contributed by atoms with van der Waals surface area (Å²) in [4.78, 5) is 12.7. The first-order valence-corrected chi connectivity index (χ1v) is 10.2. The molecule has 0 spiro atoms. The van der Waals surface area contributed by atoms with Gasteiger partial charge in [-0.1, -0.05) is 12.1 Å². The highest BCUT2D eigenvalue weighted by molar-refractivity contribution is 5.92. The molecule has 0 fully saturated rings. The Labute approximate surface area is 184 Å². The molecule has 1 amide bonds. The Kier molecular flexibility index (Phi) is 5.32. The van der Waals surface area contributed by atoms with E-state index in [0.29, 0.717) is 42.6 Å². The lowest BCUT2D eigenvalue weighted by atomic mass is 10.1.